The van der Waals surface area contributed by atoms with Crippen molar-refractivity contribution in [3.8, 4) is 0 Å². The van der Waals surface area contributed by atoms with Gasteiger partial charge in [0.2, 0.25) is 0 Å². The van der Waals surface area contributed by atoms with Crippen molar-refractivity contribution in [1.82, 2.24) is 0 Å². The van der Waals surface area contributed by atoms with E-state index in [1.807, 2.05) is 97.2 Å². The van der Waals surface area contributed by atoms with E-state index in [0.29, 0.717) is 19.3 Å². The third-order valence-corrected chi connectivity index (χ3v) is 9.32. The third-order valence-electron chi connectivity index (χ3n) is 9.32. The van der Waals surface area contributed by atoms with E-state index in [1.165, 1.54) is 32.1 Å². The van der Waals surface area contributed by atoms with E-state index in [2.05, 4.69) is 69.4 Å². The lowest BCUT2D eigenvalue weighted by molar-refractivity contribution is -0.167. The largest absolute Gasteiger partial charge is 0.462 e. The van der Waals surface area contributed by atoms with Crippen LogP contribution in [0.2, 0.25) is 0 Å². The fourth-order valence-corrected chi connectivity index (χ4v) is 5.74. The smallest absolute Gasteiger partial charge is 0.306 e. The number of ether oxygens (including phenoxy) is 3. The molecule has 0 N–H and O–H groups in total. The first kappa shape index (κ1) is 57.3. The van der Waals surface area contributed by atoms with Gasteiger partial charge in [-0.15, -0.1) is 0 Å². The van der Waals surface area contributed by atoms with Crippen LogP contribution in [0.25, 0.3) is 0 Å². The summed E-state index contributed by atoms with van der Waals surface area (Å²) in [6, 6.07) is 0. The minimum atomic E-state index is -0.828. The van der Waals surface area contributed by atoms with Crippen LogP contribution < -0.4 is 0 Å². The summed E-state index contributed by atoms with van der Waals surface area (Å²) >= 11 is 0. The molecule has 0 bridgehead atoms. The van der Waals surface area contributed by atoms with Crippen LogP contribution in [0.5, 0.6) is 0 Å². The number of unbranched alkanes of at least 4 members (excludes halogenated alkanes) is 14. The van der Waals surface area contributed by atoms with Crippen LogP contribution in [0.1, 0.15) is 168 Å². The Bertz CT molecular complexity index is 1440. The highest BCUT2D eigenvalue weighted by Gasteiger charge is 2.19. The fraction of sp³-hybridized carbons (Fsp3) is 0.518. The zero-order valence-corrected chi connectivity index (χ0v) is 39.1. The third kappa shape index (κ3) is 46.4. The molecule has 1 atom stereocenters. The minimum absolute atomic E-state index is 0.125. The molecule has 0 spiro atoms. The SMILES string of the molecule is CC\C=C/C=C\C=C/C=C\C=C\C=C/CCCCCC(=O)OC(COC(=O)CCC/C=C\CCCCCC)COC(=O)CCCCCCC\C=C/C=C\C=C/C=C\C=C/CCC. The van der Waals surface area contributed by atoms with Gasteiger partial charge in [0.25, 0.3) is 0 Å². The van der Waals surface area contributed by atoms with E-state index in [4.69, 9.17) is 14.2 Å². The second-order valence-corrected chi connectivity index (χ2v) is 15.2. The van der Waals surface area contributed by atoms with E-state index in [0.717, 1.165) is 83.5 Å². The van der Waals surface area contributed by atoms with Gasteiger partial charge < -0.3 is 14.2 Å². The zero-order valence-electron chi connectivity index (χ0n) is 39.1. The van der Waals surface area contributed by atoms with Gasteiger partial charge in [0.05, 0.1) is 0 Å². The van der Waals surface area contributed by atoms with E-state index >= 15 is 0 Å². The molecule has 0 heterocycles. The summed E-state index contributed by atoms with van der Waals surface area (Å²) < 4.78 is 16.6. The van der Waals surface area contributed by atoms with Gasteiger partial charge in [0.15, 0.2) is 6.10 Å². The average molecular weight is 853 g/mol. The molecular weight excluding hydrogens is 769 g/mol. The summed E-state index contributed by atoms with van der Waals surface area (Å²) in [5.41, 5.74) is 0. The maximum Gasteiger partial charge on any atom is 0.306 e. The first-order valence-electron chi connectivity index (χ1n) is 24.0. The number of carbonyl (C=O) groups excluding carboxylic acids is 3. The predicted octanol–water partition coefficient (Wildman–Crippen LogP) is 15.7. The Labute approximate surface area is 378 Å². The Balaban J connectivity index is 4.56. The molecule has 0 aliphatic heterocycles. The van der Waals surface area contributed by atoms with Gasteiger partial charge in [-0.25, -0.2) is 0 Å². The first-order chi connectivity index (χ1) is 30.5. The number of hydrogen-bond donors (Lipinski definition) is 0. The number of carbonyl (C=O) groups is 3. The van der Waals surface area contributed by atoms with Crippen molar-refractivity contribution in [1.29, 1.82) is 0 Å². The second kappa shape index (κ2) is 49.0. The van der Waals surface area contributed by atoms with Crippen LogP contribution >= 0.6 is 0 Å². The standard InChI is InChI=1S/C56H84O6/c1-4-7-10-13-16-19-21-23-25-27-29-30-32-34-37-40-43-46-49-55(58)61-52-53(51-60-54(57)48-45-42-39-36-18-15-12-9-6-3)62-56(59)50-47-44-41-38-35-33-31-28-26-24-22-20-17-14-11-8-5-2/h8,10-11,13-14,16-17,19-31,33,35-36,39,53H,4-7,9,12,15,18,32,34,37-38,40-52H2,1-3H3/b11-8-,13-10-,17-14-,19-16-,22-20-,23-21-,26-24-,27-25-,30-29-,31-28+,35-33-,39-36-. The molecule has 0 saturated heterocycles. The van der Waals surface area contributed by atoms with Crippen molar-refractivity contribution in [2.75, 3.05) is 13.2 Å². The highest BCUT2D eigenvalue weighted by molar-refractivity contribution is 5.71. The molecule has 0 aromatic carbocycles. The van der Waals surface area contributed by atoms with Crippen molar-refractivity contribution < 1.29 is 28.6 Å². The number of hydrogen-bond acceptors (Lipinski definition) is 6. The molecule has 6 nitrogen and oxygen atoms in total. The maximum atomic E-state index is 12.7. The molecule has 0 rings (SSSR count). The van der Waals surface area contributed by atoms with Gasteiger partial charge in [0, 0.05) is 19.3 Å². The van der Waals surface area contributed by atoms with Crippen LogP contribution in [-0.2, 0) is 28.6 Å². The summed E-state index contributed by atoms with van der Waals surface area (Å²) in [5.74, 6) is -1.04. The summed E-state index contributed by atoms with van der Waals surface area (Å²) in [5, 5.41) is 0. The summed E-state index contributed by atoms with van der Waals surface area (Å²) in [7, 11) is 0. The van der Waals surface area contributed by atoms with Crippen LogP contribution in [0.15, 0.2) is 146 Å². The predicted molar refractivity (Wildman–Crippen MR) is 265 cm³/mol. The Morgan fingerprint density at radius 1 is 0.339 bits per heavy atom. The van der Waals surface area contributed by atoms with E-state index < -0.39 is 6.10 Å². The fourth-order valence-electron chi connectivity index (χ4n) is 5.74. The second-order valence-electron chi connectivity index (χ2n) is 15.2. The van der Waals surface area contributed by atoms with Gasteiger partial charge in [-0.1, -0.05) is 218 Å². The molecular formula is C56H84O6. The molecule has 344 valence electrons. The zero-order chi connectivity index (χ0) is 45.1. The van der Waals surface area contributed by atoms with Gasteiger partial charge in [0.1, 0.15) is 13.2 Å². The highest BCUT2D eigenvalue weighted by atomic mass is 16.6. The molecule has 6 heteroatoms. The van der Waals surface area contributed by atoms with Crippen molar-refractivity contribution in [3.63, 3.8) is 0 Å². The van der Waals surface area contributed by atoms with Crippen LogP contribution in [0.4, 0.5) is 0 Å². The van der Waals surface area contributed by atoms with E-state index in [9.17, 15) is 14.4 Å². The van der Waals surface area contributed by atoms with Gasteiger partial charge >= 0.3 is 17.9 Å². The molecule has 0 saturated carbocycles. The van der Waals surface area contributed by atoms with Gasteiger partial charge in [-0.3, -0.25) is 14.4 Å². The van der Waals surface area contributed by atoms with E-state index in [-0.39, 0.29) is 44.0 Å². The average Bonchev–Trinajstić information content (AvgIpc) is 3.27. The molecule has 62 heavy (non-hydrogen) atoms. The van der Waals surface area contributed by atoms with Crippen LogP contribution in [0.3, 0.4) is 0 Å². The molecule has 1 unspecified atom stereocenters. The molecule has 0 radical (unpaired) electrons. The quantitative estimate of drug-likeness (QED) is 0.0201. The van der Waals surface area contributed by atoms with Crippen molar-refractivity contribution in [2.45, 2.75) is 175 Å². The summed E-state index contributed by atoms with van der Waals surface area (Å²) in [6.45, 7) is 6.24. The van der Waals surface area contributed by atoms with Gasteiger partial charge in [-0.2, -0.15) is 0 Å². The van der Waals surface area contributed by atoms with Crippen molar-refractivity contribution >= 4 is 17.9 Å². The molecule has 0 aliphatic rings. The Kier molecular flexibility index (Phi) is 45.2. The Morgan fingerprint density at radius 3 is 1.18 bits per heavy atom. The molecule has 0 amide bonds. The lowest BCUT2D eigenvalue weighted by Gasteiger charge is -2.18. The molecule has 0 aliphatic carbocycles. The topological polar surface area (TPSA) is 78.9 Å². The molecule has 0 fully saturated rings. The normalized spacial score (nSPS) is 13.4. The van der Waals surface area contributed by atoms with Crippen molar-refractivity contribution in [3.05, 3.63) is 146 Å². The van der Waals surface area contributed by atoms with E-state index in [1.54, 1.807) is 0 Å². The Morgan fingerprint density at radius 2 is 0.694 bits per heavy atom. The van der Waals surface area contributed by atoms with Crippen LogP contribution in [0, 0.1) is 0 Å². The lowest BCUT2D eigenvalue weighted by atomic mass is 10.1. The minimum Gasteiger partial charge on any atom is -0.462 e. The van der Waals surface area contributed by atoms with Gasteiger partial charge in [-0.05, 0) is 77.0 Å². The highest BCUT2D eigenvalue weighted by Crippen LogP contribution is 2.11. The molecule has 0 aromatic rings. The summed E-state index contributed by atoms with van der Waals surface area (Å²) in [6.07, 6.45) is 69.7. The number of rotatable bonds is 40. The summed E-state index contributed by atoms with van der Waals surface area (Å²) in [4.78, 5) is 37.8. The maximum absolute atomic E-state index is 12.7. The lowest BCUT2D eigenvalue weighted by Crippen LogP contribution is -2.30. The number of esters is 3. The monoisotopic (exact) mass is 853 g/mol. The van der Waals surface area contributed by atoms with Crippen molar-refractivity contribution in [2.24, 2.45) is 0 Å². The molecule has 0 aromatic heterocycles. The Hall–Kier alpha value is -4.71. The first-order valence-corrected chi connectivity index (χ1v) is 24.0. The van der Waals surface area contributed by atoms with Crippen LogP contribution in [-0.4, -0.2) is 37.2 Å². The number of allylic oxidation sites excluding steroid dienone is 24.